The summed E-state index contributed by atoms with van der Waals surface area (Å²) in [7, 11) is 0. The van der Waals surface area contributed by atoms with Crippen LogP contribution in [0.15, 0.2) is 48.5 Å². The summed E-state index contributed by atoms with van der Waals surface area (Å²) in [5.74, 6) is 2.01. The first-order valence-corrected chi connectivity index (χ1v) is 10.8. The van der Waals surface area contributed by atoms with E-state index < -0.39 is 6.10 Å². The Morgan fingerprint density at radius 3 is 2.47 bits per heavy atom. The Kier molecular flexibility index (Phi) is 7.23. The highest BCUT2D eigenvalue weighted by molar-refractivity contribution is 5.44. The van der Waals surface area contributed by atoms with Gasteiger partial charge in [-0.3, -0.25) is 9.80 Å². The molecule has 2 atom stereocenters. The van der Waals surface area contributed by atoms with E-state index in [1.54, 1.807) is 0 Å². The minimum absolute atomic E-state index is 0.314. The van der Waals surface area contributed by atoms with E-state index in [-0.39, 0.29) is 0 Å². The average molecular weight is 413 g/mol. The number of ether oxygens (including phenoxy) is 3. The predicted octanol–water partition coefficient (Wildman–Crippen LogP) is 2.71. The topological polar surface area (TPSA) is 54.4 Å². The zero-order valence-corrected chi connectivity index (χ0v) is 17.7. The summed E-state index contributed by atoms with van der Waals surface area (Å²) < 4.78 is 16.6. The van der Waals surface area contributed by atoms with Gasteiger partial charge in [0.25, 0.3) is 0 Å². The summed E-state index contributed by atoms with van der Waals surface area (Å²) in [4.78, 5) is 4.77. The van der Waals surface area contributed by atoms with Crippen LogP contribution >= 0.6 is 0 Å². The van der Waals surface area contributed by atoms with Gasteiger partial charge in [-0.1, -0.05) is 43.3 Å². The molecule has 1 fully saturated rings. The lowest BCUT2D eigenvalue weighted by molar-refractivity contribution is 0.00364. The third kappa shape index (κ3) is 5.73. The molecular formula is C24H32N2O4. The minimum atomic E-state index is -0.451. The molecule has 4 rings (SSSR count). The molecule has 0 unspecified atom stereocenters. The van der Waals surface area contributed by atoms with Crippen LogP contribution in [0, 0.1) is 0 Å². The number of fused-ring (bicyclic) bond motifs is 1. The van der Waals surface area contributed by atoms with Gasteiger partial charge >= 0.3 is 0 Å². The van der Waals surface area contributed by atoms with Crippen molar-refractivity contribution in [2.75, 3.05) is 52.7 Å². The number of aliphatic hydroxyl groups is 1. The van der Waals surface area contributed by atoms with E-state index in [1.165, 1.54) is 11.1 Å². The molecule has 0 amide bonds. The smallest absolute Gasteiger partial charge is 0.231 e. The Morgan fingerprint density at radius 2 is 1.67 bits per heavy atom. The molecule has 0 aromatic heterocycles. The fourth-order valence-corrected chi connectivity index (χ4v) is 4.04. The maximum absolute atomic E-state index is 10.4. The summed E-state index contributed by atoms with van der Waals surface area (Å²) in [6.07, 6.45) is -0.451. The van der Waals surface area contributed by atoms with Crippen molar-refractivity contribution >= 4 is 0 Å². The predicted molar refractivity (Wildman–Crippen MR) is 116 cm³/mol. The number of hydrogen-bond donors (Lipinski definition) is 1. The van der Waals surface area contributed by atoms with Gasteiger partial charge in [0.15, 0.2) is 11.5 Å². The van der Waals surface area contributed by atoms with Crippen molar-refractivity contribution in [2.24, 2.45) is 0 Å². The van der Waals surface area contributed by atoms with Gasteiger partial charge in [-0.05, 0) is 23.3 Å². The molecule has 162 valence electrons. The molecule has 2 aliphatic heterocycles. The number of rotatable bonds is 9. The first kappa shape index (κ1) is 21.1. The van der Waals surface area contributed by atoms with Gasteiger partial charge in [0.1, 0.15) is 0 Å². The van der Waals surface area contributed by atoms with Crippen LogP contribution in [0.2, 0.25) is 0 Å². The lowest BCUT2D eigenvalue weighted by Crippen LogP contribution is -2.48. The molecular weight excluding hydrogens is 380 g/mol. The normalized spacial score (nSPS) is 19.0. The fourth-order valence-electron chi connectivity index (χ4n) is 4.04. The van der Waals surface area contributed by atoms with E-state index in [0.29, 0.717) is 32.5 Å². The van der Waals surface area contributed by atoms with Crippen LogP contribution in [0.1, 0.15) is 24.0 Å². The van der Waals surface area contributed by atoms with Crippen molar-refractivity contribution < 1.29 is 19.3 Å². The summed E-state index contributed by atoms with van der Waals surface area (Å²) in [5, 5.41) is 10.4. The van der Waals surface area contributed by atoms with Crippen LogP contribution in [0.4, 0.5) is 0 Å². The van der Waals surface area contributed by atoms with Gasteiger partial charge in [0.05, 0.1) is 19.3 Å². The van der Waals surface area contributed by atoms with Crippen LogP contribution in [0.25, 0.3) is 0 Å². The molecule has 1 saturated heterocycles. The highest BCUT2D eigenvalue weighted by atomic mass is 16.7. The first-order chi connectivity index (χ1) is 14.7. The molecule has 0 aliphatic carbocycles. The monoisotopic (exact) mass is 412 g/mol. The Morgan fingerprint density at radius 1 is 0.933 bits per heavy atom. The molecule has 2 heterocycles. The quantitative estimate of drug-likeness (QED) is 0.684. The van der Waals surface area contributed by atoms with Crippen LogP contribution in [0.5, 0.6) is 11.5 Å². The zero-order valence-electron chi connectivity index (χ0n) is 17.7. The molecule has 0 radical (unpaired) electrons. The van der Waals surface area contributed by atoms with Crippen molar-refractivity contribution in [3.05, 3.63) is 59.7 Å². The highest BCUT2D eigenvalue weighted by Gasteiger charge is 2.21. The second kappa shape index (κ2) is 10.3. The second-order valence-corrected chi connectivity index (χ2v) is 8.27. The average Bonchev–Trinajstić information content (AvgIpc) is 3.23. The maximum atomic E-state index is 10.4. The van der Waals surface area contributed by atoms with Crippen LogP contribution < -0.4 is 9.47 Å². The van der Waals surface area contributed by atoms with E-state index in [9.17, 15) is 5.11 Å². The molecule has 6 nitrogen and oxygen atoms in total. The van der Waals surface area contributed by atoms with Crippen LogP contribution in [0.3, 0.4) is 0 Å². The van der Waals surface area contributed by atoms with Gasteiger partial charge in [-0.2, -0.15) is 0 Å². The van der Waals surface area contributed by atoms with E-state index in [2.05, 4.69) is 41.0 Å². The van der Waals surface area contributed by atoms with Gasteiger partial charge in [-0.15, -0.1) is 0 Å². The number of aliphatic hydroxyl groups excluding tert-OH is 1. The molecule has 2 aliphatic rings. The standard InChI is InChI=1S/C24H32N2O4/c1-19(21-5-3-2-4-6-21)16-28-17-22(27)15-26-11-9-25(10-12-26)14-20-7-8-23-24(13-20)30-18-29-23/h2-8,13,19,22,27H,9-12,14-18H2,1H3/t19-,22-/m0/s1. The summed E-state index contributed by atoms with van der Waals surface area (Å²) in [6.45, 7) is 8.96. The first-order valence-electron chi connectivity index (χ1n) is 10.8. The van der Waals surface area contributed by atoms with Crippen LogP contribution in [-0.2, 0) is 11.3 Å². The molecule has 0 saturated carbocycles. The summed E-state index contributed by atoms with van der Waals surface area (Å²) in [5.41, 5.74) is 2.51. The lowest BCUT2D eigenvalue weighted by Gasteiger charge is -2.35. The summed E-state index contributed by atoms with van der Waals surface area (Å²) in [6, 6.07) is 16.5. The number of nitrogens with zero attached hydrogens (tertiary/aromatic N) is 2. The molecule has 0 spiro atoms. The Bertz CT molecular complexity index is 793. The maximum Gasteiger partial charge on any atom is 0.231 e. The molecule has 6 heteroatoms. The van der Waals surface area contributed by atoms with Crippen molar-refractivity contribution in [3.63, 3.8) is 0 Å². The Balaban J connectivity index is 1.13. The van der Waals surface area contributed by atoms with Crippen molar-refractivity contribution in [1.29, 1.82) is 0 Å². The van der Waals surface area contributed by atoms with E-state index in [0.717, 1.165) is 44.2 Å². The van der Waals surface area contributed by atoms with E-state index in [4.69, 9.17) is 14.2 Å². The number of piperazine rings is 1. The van der Waals surface area contributed by atoms with Crippen molar-refractivity contribution in [3.8, 4) is 11.5 Å². The van der Waals surface area contributed by atoms with Gasteiger partial charge < -0.3 is 19.3 Å². The van der Waals surface area contributed by atoms with E-state index in [1.807, 2.05) is 24.3 Å². The zero-order chi connectivity index (χ0) is 20.8. The van der Waals surface area contributed by atoms with Crippen LogP contribution in [-0.4, -0.2) is 73.7 Å². The molecule has 1 N–H and O–H groups in total. The fraction of sp³-hybridized carbons (Fsp3) is 0.500. The van der Waals surface area contributed by atoms with E-state index >= 15 is 0 Å². The van der Waals surface area contributed by atoms with Gasteiger partial charge in [0.2, 0.25) is 6.79 Å². The molecule has 30 heavy (non-hydrogen) atoms. The molecule has 2 aromatic rings. The Hall–Kier alpha value is -2.12. The second-order valence-electron chi connectivity index (χ2n) is 8.27. The molecule has 0 bridgehead atoms. The third-order valence-corrected chi connectivity index (χ3v) is 5.82. The lowest BCUT2D eigenvalue weighted by atomic mass is 10.0. The molecule has 2 aromatic carbocycles. The van der Waals surface area contributed by atoms with Gasteiger partial charge in [0, 0.05) is 45.2 Å². The number of hydrogen-bond acceptors (Lipinski definition) is 6. The number of β-amino-alcohol motifs (C(OH)–C–C–N with tert-alkyl or cyclic N) is 1. The van der Waals surface area contributed by atoms with Gasteiger partial charge in [-0.25, -0.2) is 0 Å². The number of benzene rings is 2. The minimum Gasteiger partial charge on any atom is -0.454 e. The SMILES string of the molecule is C[C@@H](COC[C@@H](O)CN1CCN(Cc2ccc3c(c2)OCO3)CC1)c1ccccc1. The van der Waals surface area contributed by atoms with Crippen molar-refractivity contribution in [2.45, 2.75) is 25.5 Å². The Labute approximate surface area is 179 Å². The third-order valence-electron chi connectivity index (χ3n) is 5.82. The largest absolute Gasteiger partial charge is 0.454 e. The van der Waals surface area contributed by atoms with Crippen molar-refractivity contribution in [1.82, 2.24) is 9.80 Å². The summed E-state index contributed by atoms with van der Waals surface area (Å²) >= 11 is 0. The highest BCUT2D eigenvalue weighted by Crippen LogP contribution is 2.32.